The normalized spacial score (nSPS) is 16.2. The number of tetrazole rings is 1. The third-order valence-corrected chi connectivity index (χ3v) is 3.21. The Kier molecular flexibility index (Phi) is 2.96. The highest BCUT2D eigenvalue weighted by Gasteiger charge is 2.33. The van der Waals surface area contributed by atoms with Crippen LogP contribution in [0.2, 0.25) is 0 Å². The van der Waals surface area contributed by atoms with Crippen molar-refractivity contribution >= 4 is 5.97 Å². The smallest absolute Gasteiger partial charge is 0.309 e. The zero-order valence-electron chi connectivity index (χ0n) is 10.2. The van der Waals surface area contributed by atoms with Crippen LogP contribution in [0.5, 0.6) is 0 Å². The van der Waals surface area contributed by atoms with Crippen LogP contribution in [0, 0.1) is 5.92 Å². The lowest BCUT2D eigenvalue weighted by Crippen LogP contribution is -2.49. The minimum absolute atomic E-state index is 0.263. The van der Waals surface area contributed by atoms with Gasteiger partial charge in [0.2, 0.25) is 0 Å². The molecule has 1 aliphatic rings. The predicted molar refractivity (Wildman–Crippen MR) is 65.6 cm³/mol. The van der Waals surface area contributed by atoms with Crippen molar-refractivity contribution in [1.29, 1.82) is 0 Å². The van der Waals surface area contributed by atoms with E-state index in [2.05, 4.69) is 15.5 Å². The Bertz CT molecular complexity index is 577. The van der Waals surface area contributed by atoms with Crippen LogP contribution in [-0.4, -0.2) is 49.3 Å². The lowest BCUT2D eigenvalue weighted by atomic mass is 10.0. The molecule has 0 radical (unpaired) electrons. The molecule has 1 aromatic carbocycles. The van der Waals surface area contributed by atoms with Crippen LogP contribution in [0.25, 0.3) is 5.69 Å². The minimum Gasteiger partial charge on any atom is -0.481 e. The van der Waals surface area contributed by atoms with Crippen molar-refractivity contribution in [3.05, 3.63) is 36.2 Å². The second-order valence-corrected chi connectivity index (χ2v) is 4.57. The highest BCUT2D eigenvalue weighted by Crippen LogP contribution is 2.18. The summed E-state index contributed by atoms with van der Waals surface area (Å²) in [6.45, 7) is 1.67. The molecule has 3 rings (SSSR count). The predicted octanol–water partition coefficient (Wildman–Crippen LogP) is 0.179. The maximum absolute atomic E-state index is 10.7. The van der Waals surface area contributed by atoms with Gasteiger partial charge in [0, 0.05) is 13.1 Å². The van der Waals surface area contributed by atoms with E-state index in [1.54, 1.807) is 4.68 Å². The second-order valence-electron chi connectivity index (χ2n) is 4.57. The van der Waals surface area contributed by atoms with Gasteiger partial charge in [0.1, 0.15) is 0 Å². The van der Waals surface area contributed by atoms with E-state index in [9.17, 15) is 4.79 Å². The van der Waals surface area contributed by atoms with E-state index in [-0.39, 0.29) is 5.92 Å². The van der Waals surface area contributed by atoms with E-state index in [1.807, 2.05) is 35.2 Å². The number of para-hydroxylation sites is 1. The molecule has 1 fully saturated rings. The number of aromatic nitrogens is 4. The summed E-state index contributed by atoms with van der Waals surface area (Å²) < 4.78 is 1.67. The number of aliphatic carboxylic acids is 1. The molecule has 7 nitrogen and oxygen atoms in total. The van der Waals surface area contributed by atoms with Crippen LogP contribution in [0.15, 0.2) is 30.3 Å². The summed E-state index contributed by atoms with van der Waals surface area (Å²) >= 11 is 0. The molecular formula is C12H13N5O2. The summed E-state index contributed by atoms with van der Waals surface area (Å²) in [5.41, 5.74) is 0.901. The van der Waals surface area contributed by atoms with Crippen molar-refractivity contribution in [2.45, 2.75) is 6.54 Å². The van der Waals surface area contributed by atoms with Crippen LogP contribution in [0.4, 0.5) is 0 Å². The van der Waals surface area contributed by atoms with Crippen LogP contribution in [-0.2, 0) is 11.3 Å². The number of carbonyl (C=O) groups is 1. The highest BCUT2D eigenvalue weighted by molar-refractivity contribution is 5.71. The van der Waals surface area contributed by atoms with Gasteiger partial charge >= 0.3 is 5.97 Å². The molecule has 19 heavy (non-hydrogen) atoms. The molecule has 0 bridgehead atoms. The van der Waals surface area contributed by atoms with Gasteiger partial charge in [0.25, 0.3) is 0 Å². The summed E-state index contributed by atoms with van der Waals surface area (Å²) in [5, 5.41) is 20.5. The van der Waals surface area contributed by atoms with E-state index in [0.29, 0.717) is 19.6 Å². The molecule has 98 valence electrons. The summed E-state index contributed by atoms with van der Waals surface area (Å²) in [6, 6.07) is 9.63. The fourth-order valence-corrected chi connectivity index (χ4v) is 2.13. The standard InChI is InChI=1S/C12H13N5O2/c18-12(19)9-6-16(7-9)8-11-13-14-15-17(11)10-4-2-1-3-5-10/h1-5,9H,6-8H2,(H,18,19). The van der Waals surface area contributed by atoms with Gasteiger partial charge in [-0.05, 0) is 22.6 Å². The number of rotatable bonds is 4. The number of hydrogen-bond acceptors (Lipinski definition) is 5. The first-order valence-electron chi connectivity index (χ1n) is 6.02. The van der Waals surface area contributed by atoms with Gasteiger partial charge < -0.3 is 5.11 Å². The maximum Gasteiger partial charge on any atom is 0.309 e. The van der Waals surface area contributed by atoms with Crippen molar-refractivity contribution in [3.63, 3.8) is 0 Å². The molecule has 1 N–H and O–H groups in total. The zero-order chi connectivity index (χ0) is 13.2. The monoisotopic (exact) mass is 259 g/mol. The Balaban J connectivity index is 1.71. The first-order valence-corrected chi connectivity index (χ1v) is 6.02. The molecule has 0 aliphatic carbocycles. The second kappa shape index (κ2) is 4.77. The summed E-state index contributed by atoms with van der Waals surface area (Å²) in [7, 11) is 0. The van der Waals surface area contributed by atoms with Gasteiger partial charge in [-0.15, -0.1) is 5.10 Å². The first kappa shape index (κ1) is 11.8. The Morgan fingerprint density at radius 3 is 2.74 bits per heavy atom. The van der Waals surface area contributed by atoms with Gasteiger partial charge in [-0.1, -0.05) is 18.2 Å². The zero-order valence-corrected chi connectivity index (χ0v) is 10.2. The fourth-order valence-electron chi connectivity index (χ4n) is 2.13. The Morgan fingerprint density at radius 1 is 1.32 bits per heavy atom. The Morgan fingerprint density at radius 2 is 2.05 bits per heavy atom. The van der Waals surface area contributed by atoms with Crippen molar-refractivity contribution in [1.82, 2.24) is 25.1 Å². The topological polar surface area (TPSA) is 84.1 Å². The molecule has 1 saturated heterocycles. The van der Waals surface area contributed by atoms with Gasteiger partial charge in [-0.3, -0.25) is 9.69 Å². The van der Waals surface area contributed by atoms with E-state index in [1.165, 1.54) is 0 Å². The van der Waals surface area contributed by atoms with Gasteiger partial charge in [-0.25, -0.2) is 0 Å². The molecule has 0 unspecified atom stereocenters. The van der Waals surface area contributed by atoms with Crippen LogP contribution in [0.3, 0.4) is 0 Å². The van der Waals surface area contributed by atoms with Gasteiger partial charge in [0.05, 0.1) is 18.2 Å². The third-order valence-electron chi connectivity index (χ3n) is 3.21. The molecule has 0 spiro atoms. The molecule has 0 atom stereocenters. The lowest BCUT2D eigenvalue weighted by molar-refractivity contribution is -0.147. The SMILES string of the molecule is O=C(O)C1CN(Cc2nnnn2-c2ccccc2)C1. The molecule has 1 aliphatic heterocycles. The van der Waals surface area contributed by atoms with Crippen molar-refractivity contribution in [2.24, 2.45) is 5.92 Å². The van der Waals surface area contributed by atoms with Crippen LogP contribution in [0.1, 0.15) is 5.82 Å². The van der Waals surface area contributed by atoms with Gasteiger partial charge in [-0.2, -0.15) is 4.68 Å². The molecule has 1 aromatic heterocycles. The Labute approximate surface area is 109 Å². The third kappa shape index (κ3) is 2.32. The summed E-state index contributed by atoms with van der Waals surface area (Å²) in [4.78, 5) is 12.8. The number of hydrogen-bond donors (Lipinski definition) is 1. The lowest BCUT2D eigenvalue weighted by Gasteiger charge is -2.35. The van der Waals surface area contributed by atoms with Crippen LogP contribution >= 0.6 is 0 Å². The van der Waals surface area contributed by atoms with Gasteiger partial charge in [0.15, 0.2) is 5.82 Å². The molecule has 2 aromatic rings. The molecule has 2 heterocycles. The number of carboxylic acids is 1. The summed E-state index contributed by atoms with van der Waals surface area (Å²) in [5.74, 6) is -0.282. The Hall–Kier alpha value is -2.28. The number of benzene rings is 1. The van der Waals surface area contributed by atoms with Crippen molar-refractivity contribution in [3.8, 4) is 5.69 Å². The number of carboxylic acid groups (broad SMARTS) is 1. The fraction of sp³-hybridized carbons (Fsp3) is 0.333. The summed E-state index contributed by atoms with van der Waals surface area (Å²) in [6.07, 6.45) is 0. The average molecular weight is 259 g/mol. The highest BCUT2D eigenvalue weighted by atomic mass is 16.4. The van der Waals surface area contributed by atoms with E-state index < -0.39 is 5.97 Å². The molecule has 0 saturated carbocycles. The molecule has 7 heteroatoms. The number of nitrogens with zero attached hydrogens (tertiary/aromatic N) is 5. The minimum atomic E-state index is -0.737. The van der Waals surface area contributed by atoms with E-state index in [4.69, 9.17) is 5.11 Å². The number of likely N-dealkylation sites (tertiary alicyclic amines) is 1. The van der Waals surface area contributed by atoms with Crippen LogP contribution < -0.4 is 0 Å². The quantitative estimate of drug-likeness (QED) is 0.843. The largest absolute Gasteiger partial charge is 0.481 e. The van der Waals surface area contributed by atoms with E-state index in [0.717, 1.165) is 11.5 Å². The van der Waals surface area contributed by atoms with E-state index >= 15 is 0 Å². The maximum atomic E-state index is 10.7. The average Bonchev–Trinajstić information content (AvgIpc) is 2.82. The van der Waals surface area contributed by atoms with Crippen molar-refractivity contribution < 1.29 is 9.90 Å². The van der Waals surface area contributed by atoms with Crippen molar-refractivity contribution in [2.75, 3.05) is 13.1 Å². The first-order chi connectivity index (χ1) is 9.24. The molecular weight excluding hydrogens is 246 g/mol. The molecule has 0 amide bonds.